The molecule has 2 rings (SSSR count). The van der Waals surface area contributed by atoms with Gasteiger partial charge in [-0.1, -0.05) is 11.6 Å². The zero-order valence-corrected chi connectivity index (χ0v) is 14.9. The van der Waals surface area contributed by atoms with Gasteiger partial charge in [-0.25, -0.2) is 8.78 Å². The second-order valence-corrected chi connectivity index (χ2v) is 6.21. The Balaban J connectivity index is 2.06. The summed E-state index contributed by atoms with van der Waals surface area (Å²) < 4.78 is 32.1. The third kappa shape index (κ3) is 4.90. The molecule has 0 fully saturated rings. The molecule has 2 atom stereocenters. The topological polar surface area (TPSA) is 54.9 Å². The molecule has 0 bridgehead atoms. The van der Waals surface area contributed by atoms with Gasteiger partial charge in [-0.15, -0.1) is 0 Å². The van der Waals surface area contributed by atoms with Crippen molar-refractivity contribution in [1.29, 1.82) is 0 Å². The molecule has 0 spiro atoms. The average molecular weight is 370 g/mol. The number of carbonyl (C=O) groups excluding carboxylic acids is 1. The predicted molar refractivity (Wildman–Crippen MR) is 92.8 cm³/mol. The lowest BCUT2D eigenvalue weighted by Crippen LogP contribution is -2.91. The molecule has 2 aromatic rings. The number of hydrogen-bond acceptors (Lipinski definition) is 2. The zero-order valence-electron chi connectivity index (χ0n) is 14.1. The van der Waals surface area contributed by atoms with E-state index in [1.807, 2.05) is 0 Å². The predicted octanol–water partition coefficient (Wildman–Crippen LogP) is 3.28. The van der Waals surface area contributed by atoms with Gasteiger partial charge in [0.05, 0.1) is 12.8 Å². The molecule has 4 nitrogen and oxygen atoms in total. The highest BCUT2D eigenvalue weighted by Crippen LogP contribution is 2.27. The highest BCUT2D eigenvalue weighted by molar-refractivity contribution is 6.31. The first-order valence-corrected chi connectivity index (χ1v) is 8.14. The smallest absolute Gasteiger partial charge is 0.282 e. The summed E-state index contributed by atoms with van der Waals surface area (Å²) in [6, 6.07) is 7.45. The first kappa shape index (κ1) is 19.1. The second-order valence-electron chi connectivity index (χ2n) is 5.77. The van der Waals surface area contributed by atoms with Crippen LogP contribution in [0.5, 0.6) is 5.75 Å². The third-order valence-electron chi connectivity index (χ3n) is 3.86. The molecule has 0 radical (unpaired) electrons. The van der Waals surface area contributed by atoms with E-state index in [2.05, 4.69) is 5.32 Å². The van der Waals surface area contributed by atoms with Crippen LogP contribution in [0.25, 0.3) is 0 Å². The molecule has 0 saturated carbocycles. The molecule has 0 aliphatic carbocycles. The van der Waals surface area contributed by atoms with Crippen LogP contribution in [0.1, 0.15) is 25.5 Å². The van der Waals surface area contributed by atoms with Gasteiger partial charge >= 0.3 is 0 Å². The Morgan fingerprint density at radius 1 is 1.20 bits per heavy atom. The van der Waals surface area contributed by atoms with Gasteiger partial charge < -0.3 is 15.4 Å². The fourth-order valence-electron chi connectivity index (χ4n) is 2.52. The number of quaternary nitrogens is 1. The quantitative estimate of drug-likeness (QED) is 0.821. The van der Waals surface area contributed by atoms with Crippen LogP contribution in [-0.2, 0) is 4.79 Å². The van der Waals surface area contributed by atoms with Crippen LogP contribution in [0.3, 0.4) is 0 Å². The molecule has 0 unspecified atom stereocenters. The third-order valence-corrected chi connectivity index (χ3v) is 4.10. The Morgan fingerprint density at radius 3 is 2.56 bits per heavy atom. The van der Waals surface area contributed by atoms with Gasteiger partial charge in [0.2, 0.25) is 0 Å². The van der Waals surface area contributed by atoms with Gasteiger partial charge in [-0.3, -0.25) is 4.79 Å². The Morgan fingerprint density at radius 2 is 1.92 bits per heavy atom. The molecule has 0 saturated heterocycles. The van der Waals surface area contributed by atoms with E-state index in [1.54, 1.807) is 37.4 Å². The summed E-state index contributed by atoms with van der Waals surface area (Å²) in [4.78, 5) is 12.4. The Kier molecular flexibility index (Phi) is 6.33. The lowest BCUT2D eigenvalue weighted by Gasteiger charge is -2.18. The Labute approximate surface area is 150 Å². The maximum absolute atomic E-state index is 13.9. The molecular weight excluding hydrogens is 350 g/mol. The number of hydrogen-bond donors (Lipinski definition) is 2. The van der Waals surface area contributed by atoms with Gasteiger partial charge in [-0.05, 0) is 44.2 Å². The van der Waals surface area contributed by atoms with E-state index in [1.165, 1.54) is 19.2 Å². The minimum absolute atomic E-state index is 0.282. The van der Waals surface area contributed by atoms with Crippen molar-refractivity contribution < 1.29 is 23.6 Å². The fourth-order valence-corrected chi connectivity index (χ4v) is 2.69. The summed E-state index contributed by atoms with van der Waals surface area (Å²) >= 11 is 5.94. The van der Waals surface area contributed by atoms with E-state index < -0.39 is 17.7 Å². The zero-order chi connectivity index (χ0) is 18.6. The number of halogens is 3. The minimum atomic E-state index is -0.632. The molecule has 0 aliphatic rings. The van der Waals surface area contributed by atoms with Crippen LogP contribution in [-0.4, -0.2) is 19.1 Å². The number of methoxy groups -OCH3 is 1. The van der Waals surface area contributed by atoms with Crippen molar-refractivity contribution in [3.8, 4) is 5.75 Å². The van der Waals surface area contributed by atoms with E-state index in [0.717, 1.165) is 6.07 Å². The van der Waals surface area contributed by atoms with E-state index in [0.29, 0.717) is 22.0 Å². The summed E-state index contributed by atoms with van der Waals surface area (Å²) in [5, 5.41) is 4.91. The number of nitrogens with one attached hydrogen (secondary N) is 1. The average Bonchev–Trinajstić information content (AvgIpc) is 2.54. The largest absolute Gasteiger partial charge is 0.495 e. The molecule has 0 heterocycles. The first-order chi connectivity index (χ1) is 11.8. The summed E-state index contributed by atoms with van der Waals surface area (Å²) in [5.41, 5.74) is 0.794. The van der Waals surface area contributed by atoms with Crippen molar-refractivity contribution >= 4 is 23.2 Å². The molecule has 134 valence electrons. The first-order valence-electron chi connectivity index (χ1n) is 7.76. The van der Waals surface area contributed by atoms with Crippen LogP contribution < -0.4 is 15.4 Å². The lowest BCUT2D eigenvalue weighted by atomic mass is 10.1. The van der Waals surface area contributed by atoms with Gasteiger partial charge in [-0.2, -0.15) is 0 Å². The van der Waals surface area contributed by atoms with Crippen molar-refractivity contribution in [3.05, 3.63) is 58.6 Å². The van der Waals surface area contributed by atoms with E-state index in [9.17, 15) is 13.6 Å². The number of ether oxygens (including phenoxy) is 1. The van der Waals surface area contributed by atoms with Gasteiger partial charge in [0.15, 0.2) is 6.04 Å². The van der Waals surface area contributed by atoms with Crippen molar-refractivity contribution in [2.24, 2.45) is 0 Å². The minimum Gasteiger partial charge on any atom is -0.495 e. The normalized spacial score (nSPS) is 13.2. The van der Waals surface area contributed by atoms with Crippen molar-refractivity contribution in [3.63, 3.8) is 0 Å². The van der Waals surface area contributed by atoms with Gasteiger partial charge in [0.25, 0.3) is 5.91 Å². The molecule has 7 heteroatoms. The highest BCUT2D eigenvalue weighted by Gasteiger charge is 2.23. The second kappa shape index (κ2) is 8.27. The summed E-state index contributed by atoms with van der Waals surface area (Å²) in [5.74, 6) is -1.06. The SMILES string of the molecule is COc1ccc(Cl)cc1NC(=O)[C@@H](C)[NH2+][C@@H](C)c1ccc(F)cc1F. The molecule has 2 aromatic carbocycles. The standard InChI is InChI=1S/C18H19ClF2N2O2/c1-10(14-6-5-13(20)9-15(14)21)22-11(2)18(24)23-16-8-12(19)4-7-17(16)25-3/h4-11,22H,1-3H3,(H,23,24)/p+1/t10-,11+/m0/s1. The maximum atomic E-state index is 13.9. The summed E-state index contributed by atoms with van der Waals surface area (Å²) in [6.45, 7) is 3.45. The molecule has 0 aliphatic heterocycles. The highest BCUT2D eigenvalue weighted by atomic mass is 35.5. The summed E-state index contributed by atoms with van der Waals surface area (Å²) in [7, 11) is 1.49. The number of amides is 1. The maximum Gasteiger partial charge on any atom is 0.282 e. The Bertz CT molecular complexity index is 771. The molecule has 25 heavy (non-hydrogen) atoms. The number of nitrogens with two attached hydrogens (primary N) is 1. The number of rotatable bonds is 6. The number of anilines is 1. The van der Waals surface area contributed by atoms with E-state index in [4.69, 9.17) is 16.3 Å². The van der Waals surface area contributed by atoms with Crippen LogP contribution >= 0.6 is 11.6 Å². The van der Waals surface area contributed by atoms with Crippen molar-refractivity contribution in [2.75, 3.05) is 12.4 Å². The van der Waals surface area contributed by atoms with Crippen molar-refractivity contribution in [2.45, 2.75) is 25.9 Å². The van der Waals surface area contributed by atoms with Gasteiger partial charge in [0.1, 0.15) is 23.4 Å². The fraction of sp³-hybridized carbons (Fsp3) is 0.278. The Hall–Kier alpha value is -2.18. The monoisotopic (exact) mass is 369 g/mol. The summed E-state index contributed by atoms with van der Waals surface area (Å²) in [6.07, 6.45) is 0. The van der Waals surface area contributed by atoms with Crippen LogP contribution in [0, 0.1) is 11.6 Å². The van der Waals surface area contributed by atoms with Crippen LogP contribution in [0.2, 0.25) is 5.02 Å². The molecule has 3 N–H and O–H groups in total. The number of benzene rings is 2. The van der Waals surface area contributed by atoms with Crippen LogP contribution in [0.4, 0.5) is 14.5 Å². The van der Waals surface area contributed by atoms with E-state index >= 15 is 0 Å². The molecule has 1 amide bonds. The van der Waals surface area contributed by atoms with Crippen molar-refractivity contribution in [1.82, 2.24) is 0 Å². The number of carbonyl (C=O) groups is 1. The molecule has 0 aromatic heterocycles. The lowest BCUT2D eigenvalue weighted by molar-refractivity contribution is -0.710. The van der Waals surface area contributed by atoms with Gasteiger partial charge in [0, 0.05) is 16.7 Å². The van der Waals surface area contributed by atoms with Crippen LogP contribution in [0.15, 0.2) is 36.4 Å². The van der Waals surface area contributed by atoms with E-state index in [-0.39, 0.29) is 11.9 Å². The molecular formula is C18H20ClF2N2O2+.